The number of hydrogen-bond acceptors (Lipinski definition) is 3. The van der Waals surface area contributed by atoms with Crippen molar-refractivity contribution in [2.24, 2.45) is 0 Å². The Bertz CT molecular complexity index is 266. The number of morpholine rings is 1. The zero-order valence-electron chi connectivity index (χ0n) is 10.8. The summed E-state index contributed by atoms with van der Waals surface area (Å²) in [5.74, 6) is 0. The van der Waals surface area contributed by atoms with Crippen molar-refractivity contribution in [3.8, 4) is 0 Å². The van der Waals surface area contributed by atoms with Crippen molar-refractivity contribution < 1.29 is 9.53 Å². The predicted molar refractivity (Wildman–Crippen MR) is 66.0 cm³/mol. The molecule has 98 valence electrons. The molecule has 5 nitrogen and oxygen atoms in total. The number of ether oxygens (including phenoxy) is 1. The molecule has 0 aromatic rings. The summed E-state index contributed by atoms with van der Waals surface area (Å²) >= 11 is 0. The standard InChI is InChI=1S/C12H23N3O2/c1-3-11-9-17-10(2)8-15(11)12(16)14-6-4-13-5-7-14/h10-11,13H,3-9H2,1-2H3. The lowest BCUT2D eigenvalue weighted by Gasteiger charge is -2.41. The summed E-state index contributed by atoms with van der Waals surface area (Å²) < 4.78 is 5.62. The molecule has 2 fully saturated rings. The fourth-order valence-corrected chi connectivity index (χ4v) is 2.45. The van der Waals surface area contributed by atoms with E-state index in [9.17, 15) is 4.79 Å². The third kappa shape index (κ3) is 2.90. The van der Waals surface area contributed by atoms with Gasteiger partial charge in [0.15, 0.2) is 0 Å². The highest BCUT2D eigenvalue weighted by molar-refractivity contribution is 5.75. The largest absolute Gasteiger partial charge is 0.375 e. The van der Waals surface area contributed by atoms with E-state index >= 15 is 0 Å². The quantitative estimate of drug-likeness (QED) is 0.727. The van der Waals surface area contributed by atoms with Gasteiger partial charge in [-0.15, -0.1) is 0 Å². The van der Waals surface area contributed by atoms with Gasteiger partial charge in [-0.2, -0.15) is 0 Å². The molecule has 2 unspecified atom stereocenters. The summed E-state index contributed by atoms with van der Waals surface area (Å²) in [4.78, 5) is 16.4. The summed E-state index contributed by atoms with van der Waals surface area (Å²) in [6.07, 6.45) is 1.12. The van der Waals surface area contributed by atoms with Crippen molar-refractivity contribution in [2.45, 2.75) is 32.4 Å². The van der Waals surface area contributed by atoms with Gasteiger partial charge in [0.2, 0.25) is 0 Å². The number of carbonyl (C=O) groups excluding carboxylic acids is 1. The van der Waals surface area contributed by atoms with E-state index in [2.05, 4.69) is 12.2 Å². The van der Waals surface area contributed by atoms with E-state index in [1.165, 1.54) is 0 Å². The number of urea groups is 1. The molecule has 2 saturated heterocycles. The molecule has 2 aliphatic rings. The van der Waals surface area contributed by atoms with E-state index in [-0.39, 0.29) is 18.2 Å². The summed E-state index contributed by atoms with van der Waals surface area (Å²) in [7, 11) is 0. The summed E-state index contributed by atoms with van der Waals surface area (Å²) in [6.45, 7) is 9.00. The zero-order valence-corrected chi connectivity index (χ0v) is 10.8. The summed E-state index contributed by atoms with van der Waals surface area (Å²) in [5, 5.41) is 3.27. The Morgan fingerprint density at radius 2 is 2.12 bits per heavy atom. The number of amides is 2. The van der Waals surface area contributed by atoms with E-state index in [4.69, 9.17) is 4.74 Å². The van der Waals surface area contributed by atoms with Crippen LogP contribution in [0, 0.1) is 0 Å². The monoisotopic (exact) mass is 241 g/mol. The van der Waals surface area contributed by atoms with Crippen LogP contribution in [0.5, 0.6) is 0 Å². The molecule has 0 aliphatic carbocycles. The number of hydrogen-bond donors (Lipinski definition) is 1. The Hall–Kier alpha value is -0.810. The molecule has 5 heteroatoms. The van der Waals surface area contributed by atoms with E-state index in [0.29, 0.717) is 6.61 Å². The Balaban J connectivity index is 1.99. The maximum absolute atomic E-state index is 12.4. The normalized spacial score (nSPS) is 30.5. The third-order valence-corrected chi connectivity index (χ3v) is 3.57. The molecule has 2 amide bonds. The van der Waals surface area contributed by atoms with E-state index in [1.54, 1.807) is 0 Å². The van der Waals surface area contributed by atoms with Crippen LogP contribution in [0.3, 0.4) is 0 Å². The van der Waals surface area contributed by atoms with Crippen molar-refractivity contribution >= 4 is 6.03 Å². The molecule has 0 spiro atoms. The topological polar surface area (TPSA) is 44.8 Å². The van der Waals surface area contributed by atoms with Crippen molar-refractivity contribution in [2.75, 3.05) is 39.3 Å². The highest BCUT2D eigenvalue weighted by Gasteiger charge is 2.32. The lowest BCUT2D eigenvalue weighted by atomic mass is 10.1. The Kier molecular flexibility index (Phi) is 4.23. The van der Waals surface area contributed by atoms with Gasteiger partial charge in [0.25, 0.3) is 0 Å². The molecule has 0 radical (unpaired) electrons. The minimum Gasteiger partial charge on any atom is -0.375 e. The van der Waals surface area contributed by atoms with Crippen LogP contribution in [0.2, 0.25) is 0 Å². The van der Waals surface area contributed by atoms with Crippen molar-refractivity contribution in [1.29, 1.82) is 0 Å². The van der Waals surface area contributed by atoms with Gasteiger partial charge in [-0.1, -0.05) is 6.92 Å². The number of nitrogens with one attached hydrogen (secondary N) is 1. The number of nitrogens with zero attached hydrogens (tertiary/aromatic N) is 2. The molecule has 0 aromatic carbocycles. The summed E-state index contributed by atoms with van der Waals surface area (Å²) in [6, 6.07) is 0.432. The van der Waals surface area contributed by atoms with Crippen LogP contribution in [0.25, 0.3) is 0 Å². The maximum Gasteiger partial charge on any atom is 0.320 e. The van der Waals surface area contributed by atoms with Crippen LogP contribution in [0.4, 0.5) is 4.79 Å². The average Bonchev–Trinajstić information content (AvgIpc) is 2.39. The van der Waals surface area contributed by atoms with E-state index in [0.717, 1.165) is 39.1 Å². The van der Waals surface area contributed by atoms with Crippen LogP contribution >= 0.6 is 0 Å². The molecule has 0 bridgehead atoms. The van der Waals surface area contributed by atoms with Gasteiger partial charge in [-0.25, -0.2) is 4.79 Å². The van der Waals surface area contributed by atoms with Gasteiger partial charge in [-0.05, 0) is 13.3 Å². The molecule has 17 heavy (non-hydrogen) atoms. The highest BCUT2D eigenvalue weighted by Crippen LogP contribution is 2.16. The third-order valence-electron chi connectivity index (χ3n) is 3.57. The lowest BCUT2D eigenvalue weighted by molar-refractivity contribution is -0.0435. The van der Waals surface area contributed by atoms with Crippen LogP contribution in [-0.4, -0.2) is 67.3 Å². The van der Waals surface area contributed by atoms with Crippen molar-refractivity contribution in [3.63, 3.8) is 0 Å². The van der Waals surface area contributed by atoms with Crippen LogP contribution in [-0.2, 0) is 4.74 Å². The Morgan fingerprint density at radius 1 is 1.41 bits per heavy atom. The Labute approximate surface area is 103 Å². The molecule has 2 aliphatic heterocycles. The highest BCUT2D eigenvalue weighted by atomic mass is 16.5. The second-order valence-corrected chi connectivity index (χ2v) is 4.88. The fourth-order valence-electron chi connectivity index (χ4n) is 2.45. The van der Waals surface area contributed by atoms with Gasteiger partial charge in [0.1, 0.15) is 0 Å². The zero-order chi connectivity index (χ0) is 12.3. The van der Waals surface area contributed by atoms with E-state index < -0.39 is 0 Å². The lowest BCUT2D eigenvalue weighted by Crippen LogP contribution is -2.58. The van der Waals surface area contributed by atoms with Gasteiger partial charge < -0.3 is 19.9 Å². The first kappa shape index (κ1) is 12.6. The second-order valence-electron chi connectivity index (χ2n) is 4.88. The minimum atomic E-state index is 0.157. The van der Waals surface area contributed by atoms with Gasteiger partial charge >= 0.3 is 6.03 Å². The molecule has 2 rings (SSSR count). The molecular weight excluding hydrogens is 218 g/mol. The van der Waals surface area contributed by atoms with Gasteiger partial charge in [-0.3, -0.25) is 0 Å². The van der Waals surface area contributed by atoms with Crippen molar-refractivity contribution in [3.05, 3.63) is 0 Å². The molecule has 1 N–H and O–H groups in total. The second kappa shape index (κ2) is 5.69. The number of rotatable bonds is 1. The van der Waals surface area contributed by atoms with Crippen LogP contribution < -0.4 is 5.32 Å². The first-order valence-corrected chi connectivity index (χ1v) is 6.60. The Morgan fingerprint density at radius 3 is 2.76 bits per heavy atom. The molecule has 2 atom stereocenters. The molecule has 0 saturated carbocycles. The first-order chi connectivity index (χ1) is 8.22. The average molecular weight is 241 g/mol. The SMILES string of the molecule is CCC1COC(C)CN1C(=O)N1CCNCC1. The first-order valence-electron chi connectivity index (χ1n) is 6.60. The minimum absolute atomic E-state index is 0.157. The van der Waals surface area contributed by atoms with Crippen molar-refractivity contribution in [1.82, 2.24) is 15.1 Å². The smallest absolute Gasteiger partial charge is 0.320 e. The van der Waals surface area contributed by atoms with Crippen LogP contribution in [0.1, 0.15) is 20.3 Å². The molecular formula is C12H23N3O2. The van der Waals surface area contributed by atoms with E-state index in [1.807, 2.05) is 16.7 Å². The van der Waals surface area contributed by atoms with Gasteiger partial charge in [0.05, 0.1) is 18.8 Å². The maximum atomic E-state index is 12.4. The predicted octanol–water partition coefficient (Wildman–Crippen LogP) is 0.511. The number of carbonyl (C=O) groups is 1. The number of piperazine rings is 1. The molecule has 0 aromatic heterocycles. The van der Waals surface area contributed by atoms with Gasteiger partial charge in [0, 0.05) is 32.7 Å². The fraction of sp³-hybridized carbons (Fsp3) is 0.917. The van der Waals surface area contributed by atoms with Crippen LogP contribution in [0.15, 0.2) is 0 Å². The molecule has 2 heterocycles. The summed E-state index contributed by atoms with van der Waals surface area (Å²) in [5.41, 5.74) is 0.